The van der Waals surface area contributed by atoms with E-state index in [4.69, 9.17) is 4.74 Å². The zero-order chi connectivity index (χ0) is 13.2. The predicted octanol–water partition coefficient (Wildman–Crippen LogP) is 2.30. The quantitative estimate of drug-likeness (QED) is 0.767. The van der Waals surface area contributed by atoms with Crippen LogP contribution in [-0.4, -0.2) is 41.8 Å². The SMILES string of the molecule is CC(C)(C)OC(=O)N1CC(NC2CC=CCC2)C1. The average Bonchev–Trinajstić information content (AvgIpc) is 2.21. The summed E-state index contributed by atoms with van der Waals surface area (Å²) in [5.74, 6) is 0. The maximum absolute atomic E-state index is 11.7. The van der Waals surface area contributed by atoms with Gasteiger partial charge in [-0.25, -0.2) is 4.79 Å². The van der Waals surface area contributed by atoms with E-state index in [-0.39, 0.29) is 6.09 Å². The lowest BCUT2D eigenvalue weighted by Gasteiger charge is -2.42. The number of carbonyl (C=O) groups excluding carboxylic acids is 1. The van der Waals surface area contributed by atoms with Gasteiger partial charge < -0.3 is 15.0 Å². The van der Waals surface area contributed by atoms with Crippen molar-refractivity contribution in [1.29, 1.82) is 0 Å². The van der Waals surface area contributed by atoms with Crippen LogP contribution in [0.15, 0.2) is 12.2 Å². The molecule has 0 aromatic heterocycles. The fraction of sp³-hybridized carbons (Fsp3) is 0.786. The number of likely N-dealkylation sites (tertiary alicyclic amines) is 1. The van der Waals surface area contributed by atoms with Crippen molar-refractivity contribution in [2.75, 3.05) is 13.1 Å². The fourth-order valence-electron chi connectivity index (χ4n) is 2.34. The van der Waals surface area contributed by atoms with Crippen LogP contribution < -0.4 is 5.32 Å². The van der Waals surface area contributed by atoms with Crippen molar-refractivity contribution in [2.24, 2.45) is 0 Å². The van der Waals surface area contributed by atoms with Crippen molar-refractivity contribution >= 4 is 6.09 Å². The second-order valence-electron chi connectivity index (χ2n) is 6.23. The minimum absolute atomic E-state index is 0.191. The minimum Gasteiger partial charge on any atom is -0.444 e. The highest BCUT2D eigenvalue weighted by Gasteiger charge is 2.34. The van der Waals surface area contributed by atoms with Gasteiger partial charge in [0, 0.05) is 25.2 Å². The van der Waals surface area contributed by atoms with Gasteiger partial charge in [-0.05, 0) is 40.0 Å². The molecule has 102 valence electrons. The summed E-state index contributed by atoms with van der Waals surface area (Å²) in [5, 5.41) is 3.60. The molecule has 4 nitrogen and oxygen atoms in total. The van der Waals surface area contributed by atoms with Crippen LogP contribution in [0, 0.1) is 0 Å². The molecule has 0 radical (unpaired) electrons. The Kier molecular flexibility index (Phi) is 3.95. The Hall–Kier alpha value is -1.03. The third-order valence-corrected chi connectivity index (χ3v) is 3.27. The van der Waals surface area contributed by atoms with Crippen LogP contribution >= 0.6 is 0 Å². The van der Waals surface area contributed by atoms with Crippen molar-refractivity contribution in [2.45, 2.75) is 57.7 Å². The third-order valence-electron chi connectivity index (χ3n) is 3.27. The molecule has 0 aromatic rings. The Morgan fingerprint density at radius 3 is 2.56 bits per heavy atom. The molecular weight excluding hydrogens is 228 g/mol. The van der Waals surface area contributed by atoms with Gasteiger partial charge in [0.05, 0.1) is 0 Å². The van der Waals surface area contributed by atoms with Crippen molar-refractivity contribution in [1.82, 2.24) is 10.2 Å². The molecule has 1 unspecified atom stereocenters. The molecule has 1 aliphatic heterocycles. The lowest BCUT2D eigenvalue weighted by Crippen LogP contribution is -2.62. The van der Waals surface area contributed by atoms with Crippen LogP contribution in [0.5, 0.6) is 0 Å². The summed E-state index contributed by atoms with van der Waals surface area (Å²) in [6, 6.07) is 1.02. The summed E-state index contributed by atoms with van der Waals surface area (Å²) in [5.41, 5.74) is -0.399. The van der Waals surface area contributed by atoms with Gasteiger partial charge in [0.2, 0.25) is 0 Å². The molecule has 2 rings (SSSR count). The molecule has 1 saturated heterocycles. The molecule has 0 bridgehead atoms. The first-order valence-corrected chi connectivity index (χ1v) is 6.83. The fourth-order valence-corrected chi connectivity index (χ4v) is 2.34. The second kappa shape index (κ2) is 5.31. The summed E-state index contributed by atoms with van der Waals surface area (Å²) < 4.78 is 5.33. The van der Waals surface area contributed by atoms with Crippen LogP contribution in [0.2, 0.25) is 0 Å². The number of ether oxygens (including phenoxy) is 1. The van der Waals surface area contributed by atoms with Crippen LogP contribution in [0.25, 0.3) is 0 Å². The van der Waals surface area contributed by atoms with Gasteiger partial charge in [0.1, 0.15) is 5.60 Å². The number of nitrogens with zero attached hydrogens (tertiary/aromatic N) is 1. The zero-order valence-electron chi connectivity index (χ0n) is 11.6. The Balaban J connectivity index is 1.67. The van der Waals surface area contributed by atoms with E-state index in [1.54, 1.807) is 4.90 Å². The highest BCUT2D eigenvalue weighted by molar-refractivity contribution is 5.69. The topological polar surface area (TPSA) is 41.6 Å². The molecule has 0 aromatic carbocycles. The number of allylic oxidation sites excluding steroid dienone is 1. The number of amides is 1. The number of hydrogen-bond donors (Lipinski definition) is 1. The Morgan fingerprint density at radius 2 is 2.00 bits per heavy atom. The summed E-state index contributed by atoms with van der Waals surface area (Å²) in [6.45, 7) is 7.24. The molecule has 1 aliphatic carbocycles. The van der Waals surface area contributed by atoms with E-state index in [1.165, 1.54) is 12.8 Å². The average molecular weight is 252 g/mol. The van der Waals surface area contributed by atoms with Crippen LogP contribution in [0.4, 0.5) is 4.79 Å². The summed E-state index contributed by atoms with van der Waals surface area (Å²) in [6.07, 6.45) is 7.78. The molecule has 1 fully saturated rings. The molecule has 0 saturated carbocycles. The van der Waals surface area contributed by atoms with Crippen LogP contribution in [-0.2, 0) is 4.74 Å². The van der Waals surface area contributed by atoms with Crippen molar-refractivity contribution in [3.05, 3.63) is 12.2 Å². The van der Waals surface area contributed by atoms with E-state index in [1.807, 2.05) is 20.8 Å². The Morgan fingerprint density at radius 1 is 1.28 bits per heavy atom. The molecule has 18 heavy (non-hydrogen) atoms. The van der Waals surface area contributed by atoms with E-state index >= 15 is 0 Å². The first kappa shape index (κ1) is 13.4. The molecule has 4 heteroatoms. The van der Waals surface area contributed by atoms with Gasteiger partial charge in [-0.15, -0.1) is 0 Å². The Labute approximate surface area is 109 Å². The second-order valence-corrected chi connectivity index (χ2v) is 6.23. The first-order valence-electron chi connectivity index (χ1n) is 6.83. The van der Waals surface area contributed by atoms with E-state index in [9.17, 15) is 4.79 Å². The Bertz CT molecular complexity index is 327. The van der Waals surface area contributed by atoms with Gasteiger partial charge in [0.25, 0.3) is 0 Å². The first-order chi connectivity index (χ1) is 8.44. The lowest BCUT2D eigenvalue weighted by atomic mass is 9.99. The van der Waals surface area contributed by atoms with E-state index in [0.29, 0.717) is 12.1 Å². The molecule has 0 spiro atoms. The predicted molar refractivity (Wildman–Crippen MR) is 71.5 cm³/mol. The van der Waals surface area contributed by atoms with Crippen molar-refractivity contribution in [3.8, 4) is 0 Å². The standard InChI is InChI=1S/C14H24N2O2/c1-14(2,3)18-13(17)16-9-12(10-16)15-11-7-5-4-6-8-11/h4-5,11-12,15H,6-10H2,1-3H3. The maximum Gasteiger partial charge on any atom is 0.410 e. The van der Waals surface area contributed by atoms with Gasteiger partial charge in [0.15, 0.2) is 0 Å². The monoisotopic (exact) mass is 252 g/mol. The molecule has 2 aliphatic rings. The van der Waals surface area contributed by atoms with Crippen LogP contribution in [0.1, 0.15) is 40.0 Å². The minimum atomic E-state index is -0.399. The highest BCUT2D eigenvalue weighted by atomic mass is 16.6. The van der Waals surface area contributed by atoms with E-state index in [2.05, 4.69) is 17.5 Å². The zero-order valence-corrected chi connectivity index (χ0v) is 11.6. The summed E-state index contributed by atoms with van der Waals surface area (Å²) in [4.78, 5) is 13.5. The van der Waals surface area contributed by atoms with Crippen molar-refractivity contribution < 1.29 is 9.53 Å². The number of rotatable bonds is 2. The van der Waals surface area contributed by atoms with Gasteiger partial charge in [-0.1, -0.05) is 12.2 Å². The molecule has 1 heterocycles. The molecule has 1 amide bonds. The molecule has 1 atom stereocenters. The van der Waals surface area contributed by atoms with E-state index < -0.39 is 5.60 Å². The molecule has 1 N–H and O–H groups in total. The lowest BCUT2D eigenvalue weighted by molar-refractivity contribution is 0.00404. The highest BCUT2D eigenvalue weighted by Crippen LogP contribution is 2.18. The van der Waals surface area contributed by atoms with Crippen molar-refractivity contribution in [3.63, 3.8) is 0 Å². The van der Waals surface area contributed by atoms with Gasteiger partial charge in [-0.2, -0.15) is 0 Å². The smallest absolute Gasteiger partial charge is 0.410 e. The van der Waals surface area contributed by atoms with Gasteiger partial charge in [-0.3, -0.25) is 0 Å². The maximum atomic E-state index is 11.7. The normalized spacial score (nSPS) is 24.8. The van der Waals surface area contributed by atoms with Crippen LogP contribution in [0.3, 0.4) is 0 Å². The number of hydrogen-bond acceptors (Lipinski definition) is 3. The van der Waals surface area contributed by atoms with Gasteiger partial charge >= 0.3 is 6.09 Å². The summed E-state index contributed by atoms with van der Waals surface area (Å²) in [7, 11) is 0. The third kappa shape index (κ3) is 3.73. The number of carbonyl (C=O) groups is 1. The van der Waals surface area contributed by atoms with E-state index in [0.717, 1.165) is 19.5 Å². The summed E-state index contributed by atoms with van der Waals surface area (Å²) >= 11 is 0. The largest absolute Gasteiger partial charge is 0.444 e. The molecular formula is C14H24N2O2. The number of nitrogens with one attached hydrogen (secondary N) is 1.